The van der Waals surface area contributed by atoms with E-state index >= 15 is 0 Å². The van der Waals surface area contributed by atoms with Crippen LogP contribution in [0.3, 0.4) is 0 Å². The van der Waals surface area contributed by atoms with E-state index in [9.17, 15) is 0 Å². The molecule has 2 aromatic rings. The zero-order valence-corrected chi connectivity index (χ0v) is 5.24. The van der Waals surface area contributed by atoms with Gasteiger partial charge in [-0.05, 0) is 12.1 Å². The molecule has 0 aromatic carbocycles. The predicted octanol–water partition coefficient (Wildman–Crippen LogP) is 1.67. The fourth-order valence-corrected chi connectivity index (χ4v) is 0.832. The first-order chi connectivity index (χ1) is 4.97. The Labute approximate surface area is 57.7 Å². The standard InChI is InChI=1S/C7H6N2O/c1-2-6(9-3-1)7-4-8-5-10-7/h1-5,9H. The van der Waals surface area contributed by atoms with Gasteiger partial charge < -0.3 is 9.40 Å². The minimum absolute atomic E-state index is 0.769. The van der Waals surface area contributed by atoms with Crippen molar-refractivity contribution in [1.82, 2.24) is 9.97 Å². The summed E-state index contributed by atoms with van der Waals surface area (Å²) in [6.45, 7) is 0. The number of H-pyrrole nitrogens is 1. The first kappa shape index (κ1) is 5.29. The Morgan fingerprint density at radius 1 is 1.50 bits per heavy atom. The van der Waals surface area contributed by atoms with Crippen molar-refractivity contribution in [2.75, 3.05) is 0 Å². The molecule has 0 aliphatic heterocycles. The van der Waals surface area contributed by atoms with Gasteiger partial charge >= 0.3 is 0 Å². The minimum Gasteiger partial charge on any atom is -0.442 e. The van der Waals surface area contributed by atoms with Gasteiger partial charge in [0, 0.05) is 6.20 Å². The van der Waals surface area contributed by atoms with E-state index in [-0.39, 0.29) is 0 Å². The Kier molecular flexibility index (Phi) is 1.07. The first-order valence-corrected chi connectivity index (χ1v) is 2.99. The number of oxazole rings is 1. The largest absolute Gasteiger partial charge is 0.442 e. The van der Waals surface area contributed by atoms with Crippen molar-refractivity contribution in [2.45, 2.75) is 0 Å². The van der Waals surface area contributed by atoms with Crippen LogP contribution in [0.25, 0.3) is 11.5 Å². The molecule has 0 unspecified atom stereocenters. The molecule has 0 atom stereocenters. The number of aromatic amines is 1. The fourth-order valence-electron chi connectivity index (χ4n) is 0.832. The summed E-state index contributed by atoms with van der Waals surface area (Å²) in [6.07, 6.45) is 4.93. The molecular weight excluding hydrogens is 128 g/mol. The van der Waals surface area contributed by atoms with Crippen LogP contribution >= 0.6 is 0 Å². The molecule has 10 heavy (non-hydrogen) atoms. The molecule has 0 fully saturated rings. The quantitative estimate of drug-likeness (QED) is 0.644. The van der Waals surface area contributed by atoms with E-state index in [4.69, 9.17) is 4.42 Å². The molecule has 3 nitrogen and oxygen atoms in total. The third-order valence-electron chi connectivity index (χ3n) is 1.30. The van der Waals surface area contributed by atoms with Crippen LogP contribution in [0.15, 0.2) is 35.3 Å². The van der Waals surface area contributed by atoms with Crippen molar-refractivity contribution < 1.29 is 4.42 Å². The molecule has 0 bridgehead atoms. The van der Waals surface area contributed by atoms with E-state index in [2.05, 4.69) is 9.97 Å². The monoisotopic (exact) mass is 134 g/mol. The second-order valence-electron chi connectivity index (χ2n) is 1.95. The maximum atomic E-state index is 5.04. The maximum absolute atomic E-state index is 5.04. The predicted molar refractivity (Wildman–Crippen MR) is 36.3 cm³/mol. The smallest absolute Gasteiger partial charge is 0.181 e. The van der Waals surface area contributed by atoms with Crippen LogP contribution in [-0.4, -0.2) is 9.97 Å². The zero-order valence-electron chi connectivity index (χ0n) is 5.24. The van der Waals surface area contributed by atoms with Crippen LogP contribution in [0, 0.1) is 0 Å². The number of nitrogens with one attached hydrogen (secondary N) is 1. The summed E-state index contributed by atoms with van der Waals surface area (Å²) in [5.74, 6) is 0.769. The van der Waals surface area contributed by atoms with Gasteiger partial charge in [0.1, 0.15) is 0 Å². The summed E-state index contributed by atoms with van der Waals surface area (Å²) in [5.41, 5.74) is 0.956. The van der Waals surface area contributed by atoms with Crippen LogP contribution in [0.4, 0.5) is 0 Å². The molecule has 0 aliphatic rings. The van der Waals surface area contributed by atoms with Gasteiger partial charge in [0.15, 0.2) is 12.2 Å². The summed E-state index contributed by atoms with van der Waals surface area (Å²) in [7, 11) is 0. The van der Waals surface area contributed by atoms with E-state index in [1.54, 1.807) is 6.20 Å². The van der Waals surface area contributed by atoms with Gasteiger partial charge in [-0.2, -0.15) is 0 Å². The van der Waals surface area contributed by atoms with Crippen molar-refractivity contribution >= 4 is 0 Å². The molecule has 0 amide bonds. The van der Waals surface area contributed by atoms with Gasteiger partial charge in [0.2, 0.25) is 0 Å². The lowest BCUT2D eigenvalue weighted by Gasteiger charge is -1.85. The van der Waals surface area contributed by atoms with Crippen molar-refractivity contribution in [3.05, 3.63) is 30.9 Å². The Balaban J connectivity index is 2.48. The van der Waals surface area contributed by atoms with Gasteiger partial charge in [-0.1, -0.05) is 0 Å². The second-order valence-corrected chi connectivity index (χ2v) is 1.95. The summed E-state index contributed by atoms with van der Waals surface area (Å²) < 4.78 is 5.04. The van der Waals surface area contributed by atoms with E-state index < -0.39 is 0 Å². The summed E-state index contributed by atoms with van der Waals surface area (Å²) in [6, 6.07) is 3.85. The van der Waals surface area contributed by atoms with Crippen LogP contribution < -0.4 is 0 Å². The molecule has 0 radical (unpaired) electrons. The Hall–Kier alpha value is -1.51. The maximum Gasteiger partial charge on any atom is 0.181 e. The van der Waals surface area contributed by atoms with Crippen LogP contribution in [0.2, 0.25) is 0 Å². The Morgan fingerprint density at radius 3 is 3.10 bits per heavy atom. The highest BCUT2D eigenvalue weighted by Gasteiger charge is 1.98. The molecule has 2 rings (SSSR count). The highest BCUT2D eigenvalue weighted by Crippen LogP contribution is 2.14. The molecule has 0 saturated heterocycles. The summed E-state index contributed by atoms with van der Waals surface area (Å²) >= 11 is 0. The van der Waals surface area contributed by atoms with E-state index in [0.717, 1.165) is 11.5 Å². The molecule has 50 valence electrons. The minimum atomic E-state index is 0.769. The Bertz CT molecular complexity index is 251. The van der Waals surface area contributed by atoms with Gasteiger partial charge in [0.25, 0.3) is 0 Å². The molecule has 2 heterocycles. The van der Waals surface area contributed by atoms with Gasteiger partial charge in [-0.15, -0.1) is 0 Å². The molecule has 3 heteroatoms. The van der Waals surface area contributed by atoms with Crippen molar-refractivity contribution in [1.29, 1.82) is 0 Å². The first-order valence-electron chi connectivity index (χ1n) is 2.99. The van der Waals surface area contributed by atoms with Crippen LogP contribution in [-0.2, 0) is 0 Å². The van der Waals surface area contributed by atoms with Crippen molar-refractivity contribution in [3.8, 4) is 11.5 Å². The van der Waals surface area contributed by atoms with Crippen molar-refractivity contribution in [3.63, 3.8) is 0 Å². The Morgan fingerprint density at radius 2 is 2.50 bits per heavy atom. The van der Waals surface area contributed by atoms with Crippen molar-refractivity contribution in [2.24, 2.45) is 0 Å². The lowest BCUT2D eigenvalue weighted by Crippen LogP contribution is -1.68. The van der Waals surface area contributed by atoms with Gasteiger partial charge in [-0.3, -0.25) is 0 Å². The molecule has 1 N–H and O–H groups in total. The molecular formula is C7H6N2O. The third kappa shape index (κ3) is 0.719. The number of rotatable bonds is 1. The highest BCUT2D eigenvalue weighted by molar-refractivity contribution is 5.49. The molecule has 0 aliphatic carbocycles. The molecule has 2 aromatic heterocycles. The van der Waals surface area contributed by atoms with E-state index in [1.807, 2.05) is 18.3 Å². The number of nitrogens with zero attached hydrogens (tertiary/aromatic N) is 1. The zero-order chi connectivity index (χ0) is 6.81. The second kappa shape index (κ2) is 2.02. The topological polar surface area (TPSA) is 41.8 Å². The van der Waals surface area contributed by atoms with Gasteiger partial charge in [0.05, 0.1) is 11.9 Å². The lowest BCUT2D eigenvalue weighted by molar-refractivity contribution is 0.570. The van der Waals surface area contributed by atoms with Crippen LogP contribution in [0.1, 0.15) is 0 Å². The summed E-state index contributed by atoms with van der Waals surface area (Å²) in [4.78, 5) is 6.80. The number of aromatic nitrogens is 2. The summed E-state index contributed by atoms with van der Waals surface area (Å²) in [5, 5.41) is 0. The van der Waals surface area contributed by atoms with Gasteiger partial charge in [-0.25, -0.2) is 4.98 Å². The fraction of sp³-hybridized carbons (Fsp3) is 0. The average Bonchev–Trinajstić information content (AvgIpc) is 2.59. The highest BCUT2D eigenvalue weighted by atomic mass is 16.3. The van der Waals surface area contributed by atoms with Crippen LogP contribution in [0.5, 0.6) is 0 Å². The lowest BCUT2D eigenvalue weighted by atomic mass is 10.4. The molecule has 0 saturated carbocycles. The average molecular weight is 134 g/mol. The number of hydrogen-bond acceptors (Lipinski definition) is 2. The normalized spacial score (nSPS) is 10.0. The number of hydrogen-bond donors (Lipinski definition) is 1. The van der Waals surface area contributed by atoms with E-state index in [0.29, 0.717) is 0 Å². The molecule has 0 spiro atoms. The van der Waals surface area contributed by atoms with E-state index in [1.165, 1.54) is 6.39 Å². The third-order valence-corrected chi connectivity index (χ3v) is 1.30. The SMILES string of the molecule is c1c[nH]c(-c2cnco2)c1.